The minimum Gasteiger partial charge on any atom is -0.481 e. The maximum Gasteiger partial charge on any atom is 0.346 e. The number of benzene rings is 1. The number of aryl methyl sites for hydroxylation is 1. The molecule has 0 saturated heterocycles. The van der Waals surface area contributed by atoms with Crippen LogP contribution >= 0.6 is 0 Å². The van der Waals surface area contributed by atoms with E-state index in [4.69, 9.17) is 5.11 Å². The fourth-order valence-electron chi connectivity index (χ4n) is 2.76. The second-order valence-electron chi connectivity index (χ2n) is 5.30. The minimum absolute atomic E-state index is 0.0432. The molecular weight excluding hydrogens is 270 g/mol. The van der Waals surface area contributed by atoms with Gasteiger partial charge in [-0.1, -0.05) is 24.3 Å². The number of carboxylic acids is 1. The fraction of sp³-hybridized carbons (Fsp3) is 0.400. The van der Waals surface area contributed by atoms with E-state index in [9.17, 15) is 9.59 Å². The lowest BCUT2D eigenvalue weighted by Crippen LogP contribution is -2.27. The Morgan fingerprint density at radius 2 is 2.00 bits per heavy atom. The first kappa shape index (κ1) is 13.6. The van der Waals surface area contributed by atoms with Crippen LogP contribution < -0.4 is 5.69 Å². The van der Waals surface area contributed by atoms with E-state index in [1.807, 2.05) is 18.2 Å². The fourth-order valence-corrected chi connectivity index (χ4v) is 2.76. The zero-order valence-electron chi connectivity index (χ0n) is 11.7. The molecule has 0 spiro atoms. The first-order valence-electron chi connectivity index (χ1n) is 7.10. The van der Waals surface area contributed by atoms with Crippen LogP contribution in [0.25, 0.3) is 0 Å². The molecule has 0 aliphatic carbocycles. The van der Waals surface area contributed by atoms with E-state index in [0.29, 0.717) is 6.54 Å². The molecule has 21 heavy (non-hydrogen) atoms. The van der Waals surface area contributed by atoms with E-state index in [1.54, 1.807) is 10.6 Å². The maximum atomic E-state index is 12.3. The van der Waals surface area contributed by atoms with Gasteiger partial charge in [0.15, 0.2) is 0 Å². The Hall–Kier alpha value is -2.37. The van der Waals surface area contributed by atoms with Crippen molar-refractivity contribution in [2.24, 2.45) is 0 Å². The van der Waals surface area contributed by atoms with Crippen LogP contribution in [0.4, 0.5) is 0 Å². The molecule has 110 valence electrons. The Bertz CT molecular complexity index is 730. The number of hydrogen-bond acceptors (Lipinski definition) is 3. The third kappa shape index (κ3) is 2.74. The van der Waals surface area contributed by atoms with Crippen LogP contribution in [-0.2, 0) is 30.7 Å². The van der Waals surface area contributed by atoms with Crippen molar-refractivity contribution in [1.82, 2.24) is 14.3 Å². The summed E-state index contributed by atoms with van der Waals surface area (Å²) in [6, 6.07) is 7.29. The van der Waals surface area contributed by atoms with E-state index >= 15 is 0 Å². The highest BCUT2D eigenvalue weighted by Crippen LogP contribution is 2.13. The van der Waals surface area contributed by atoms with Crippen molar-refractivity contribution in [3.8, 4) is 0 Å². The number of carbonyl (C=O) groups is 1. The quantitative estimate of drug-likeness (QED) is 0.912. The molecule has 6 heteroatoms. The zero-order valence-corrected chi connectivity index (χ0v) is 11.7. The summed E-state index contributed by atoms with van der Waals surface area (Å²) in [7, 11) is 0. The van der Waals surface area contributed by atoms with Crippen LogP contribution in [0.1, 0.15) is 29.8 Å². The summed E-state index contributed by atoms with van der Waals surface area (Å²) in [5, 5.41) is 13.3. The second kappa shape index (κ2) is 5.55. The topological polar surface area (TPSA) is 77.1 Å². The molecule has 0 fully saturated rings. The Morgan fingerprint density at radius 3 is 2.71 bits per heavy atom. The van der Waals surface area contributed by atoms with Gasteiger partial charge in [0.2, 0.25) is 0 Å². The first-order chi connectivity index (χ1) is 10.1. The van der Waals surface area contributed by atoms with Gasteiger partial charge in [-0.25, -0.2) is 9.48 Å². The highest BCUT2D eigenvalue weighted by molar-refractivity contribution is 5.70. The molecule has 1 aromatic heterocycles. The Balaban J connectivity index is 1.92. The lowest BCUT2D eigenvalue weighted by Gasteiger charge is -2.09. The maximum absolute atomic E-state index is 12.3. The molecule has 0 amide bonds. The van der Waals surface area contributed by atoms with Crippen LogP contribution in [0.3, 0.4) is 0 Å². The van der Waals surface area contributed by atoms with Gasteiger partial charge in [-0.05, 0) is 24.0 Å². The number of hydrogen-bond donors (Lipinski definition) is 1. The summed E-state index contributed by atoms with van der Waals surface area (Å²) in [6.07, 6.45) is 2.86. The molecule has 2 heterocycles. The third-order valence-electron chi connectivity index (χ3n) is 3.81. The van der Waals surface area contributed by atoms with Crippen LogP contribution in [0, 0.1) is 0 Å². The number of nitrogens with zero attached hydrogens (tertiary/aromatic N) is 3. The number of aliphatic carboxylic acids is 1. The Morgan fingerprint density at radius 1 is 1.24 bits per heavy atom. The van der Waals surface area contributed by atoms with E-state index in [2.05, 4.69) is 5.10 Å². The van der Waals surface area contributed by atoms with Gasteiger partial charge in [-0.2, -0.15) is 5.10 Å². The number of fused-ring (bicyclic) bond motifs is 1. The molecule has 0 radical (unpaired) electrons. The lowest BCUT2D eigenvalue weighted by molar-refractivity contribution is -0.136. The largest absolute Gasteiger partial charge is 0.481 e. The van der Waals surface area contributed by atoms with Gasteiger partial charge in [-0.3, -0.25) is 9.36 Å². The summed E-state index contributed by atoms with van der Waals surface area (Å²) in [4.78, 5) is 23.2. The predicted molar refractivity (Wildman–Crippen MR) is 76.3 cm³/mol. The summed E-state index contributed by atoms with van der Waals surface area (Å²) in [6.45, 7) is 1.05. The highest BCUT2D eigenvalue weighted by Gasteiger charge is 2.17. The molecule has 0 saturated carbocycles. The molecular formula is C15H17N3O3. The average Bonchev–Trinajstić information content (AvgIpc) is 2.78. The highest BCUT2D eigenvalue weighted by atomic mass is 16.4. The van der Waals surface area contributed by atoms with E-state index in [0.717, 1.165) is 42.8 Å². The molecule has 1 aromatic carbocycles. The average molecular weight is 287 g/mol. The summed E-state index contributed by atoms with van der Waals surface area (Å²) < 4.78 is 3.17. The molecule has 0 atom stereocenters. The van der Waals surface area contributed by atoms with Gasteiger partial charge in [0.05, 0.1) is 13.0 Å². The van der Waals surface area contributed by atoms with E-state index in [-0.39, 0.29) is 12.1 Å². The van der Waals surface area contributed by atoms with Gasteiger partial charge in [0.25, 0.3) is 0 Å². The summed E-state index contributed by atoms with van der Waals surface area (Å²) in [5.74, 6) is -0.0408. The minimum atomic E-state index is -0.876. The molecule has 6 nitrogen and oxygen atoms in total. The van der Waals surface area contributed by atoms with Crippen molar-refractivity contribution in [3.05, 3.63) is 51.7 Å². The second-order valence-corrected chi connectivity index (χ2v) is 5.30. The number of aromatic nitrogens is 3. The number of carboxylic acid groups (broad SMARTS) is 1. The van der Waals surface area contributed by atoms with E-state index in [1.165, 1.54) is 4.68 Å². The zero-order chi connectivity index (χ0) is 14.8. The van der Waals surface area contributed by atoms with Crippen LogP contribution in [-0.4, -0.2) is 25.4 Å². The van der Waals surface area contributed by atoms with Gasteiger partial charge >= 0.3 is 11.7 Å². The van der Waals surface area contributed by atoms with Crippen LogP contribution in [0.15, 0.2) is 29.1 Å². The van der Waals surface area contributed by atoms with Crippen molar-refractivity contribution in [2.45, 2.75) is 38.8 Å². The van der Waals surface area contributed by atoms with Crippen LogP contribution in [0.2, 0.25) is 0 Å². The normalized spacial score (nSPS) is 13.9. The predicted octanol–water partition coefficient (Wildman–Crippen LogP) is 1.06. The molecule has 3 rings (SSSR count). The molecule has 2 aromatic rings. The molecule has 1 aliphatic heterocycles. The smallest absolute Gasteiger partial charge is 0.346 e. The SMILES string of the molecule is O=C(O)Cc1ccccc1Cn1nc2n(c1=O)CCCC2. The molecule has 0 unspecified atom stereocenters. The molecule has 1 N–H and O–H groups in total. The van der Waals surface area contributed by atoms with Gasteiger partial charge in [0.1, 0.15) is 5.82 Å². The lowest BCUT2D eigenvalue weighted by atomic mass is 10.0. The van der Waals surface area contributed by atoms with E-state index < -0.39 is 5.97 Å². The van der Waals surface area contributed by atoms with Crippen molar-refractivity contribution < 1.29 is 9.90 Å². The first-order valence-corrected chi connectivity index (χ1v) is 7.10. The van der Waals surface area contributed by atoms with Gasteiger partial charge in [-0.15, -0.1) is 0 Å². The van der Waals surface area contributed by atoms with Crippen LogP contribution in [0.5, 0.6) is 0 Å². The van der Waals surface area contributed by atoms with Crippen molar-refractivity contribution >= 4 is 5.97 Å². The van der Waals surface area contributed by atoms with Crippen molar-refractivity contribution in [2.75, 3.05) is 0 Å². The summed E-state index contributed by atoms with van der Waals surface area (Å²) >= 11 is 0. The monoisotopic (exact) mass is 287 g/mol. The summed E-state index contributed by atoms with van der Waals surface area (Å²) in [5.41, 5.74) is 1.45. The third-order valence-corrected chi connectivity index (χ3v) is 3.81. The molecule has 0 bridgehead atoms. The number of rotatable bonds is 4. The van der Waals surface area contributed by atoms with Crippen molar-refractivity contribution in [3.63, 3.8) is 0 Å². The molecule has 1 aliphatic rings. The standard InChI is InChI=1S/C15H17N3O3/c19-14(20)9-11-5-1-2-6-12(11)10-18-15(21)17-8-4-3-7-13(17)16-18/h1-2,5-6H,3-4,7-10H2,(H,19,20). The Labute approximate surface area is 121 Å². The van der Waals surface area contributed by atoms with Gasteiger partial charge in [0, 0.05) is 13.0 Å². The van der Waals surface area contributed by atoms with Gasteiger partial charge < -0.3 is 5.11 Å². The Kier molecular flexibility index (Phi) is 3.60. The van der Waals surface area contributed by atoms with Crippen molar-refractivity contribution in [1.29, 1.82) is 0 Å².